The Balaban J connectivity index is 1.61. The molecular formula is C19H20F2N2O3S2. The number of sulfonamides is 1. The molecule has 1 heterocycles. The molecule has 1 atom stereocenters. The van der Waals surface area contributed by atoms with Crippen LogP contribution in [0.15, 0.2) is 58.3 Å². The molecule has 1 unspecified atom stereocenters. The summed E-state index contributed by atoms with van der Waals surface area (Å²) >= 11 is 1.45. The summed E-state index contributed by atoms with van der Waals surface area (Å²) in [5, 5.41) is -0.295. The predicted octanol–water partition coefficient (Wildman–Crippen LogP) is 2.98. The summed E-state index contributed by atoms with van der Waals surface area (Å²) in [7, 11) is -3.94. The van der Waals surface area contributed by atoms with Crippen molar-refractivity contribution in [2.75, 3.05) is 26.2 Å². The molecule has 9 heteroatoms. The lowest BCUT2D eigenvalue weighted by Crippen LogP contribution is -2.52. The quantitative estimate of drug-likeness (QED) is 0.690. The minimum Gasteiger partial charge on any atom is -0.339 e. The Morgan fingerprint density at radius 1 is 1.00 bits per heavy atom. The number of piperazine rings is 1. The number of rotatable bonds is 5. The molecule has 1 amide bonds. The summed E-state index contributed by atoms with van der Waals surface area (Å²) in [4.78, 5) is 15.0. The van der Waals surface area contributed by atoms with E-state index in [0.717, 1.165) is 17.0 Å². The Bertz CT molecular complexity index is 947. The molecule has 2 aromatic carbocycles. The standard InChI is InChI=1S/C19H20F2N2O3S2/c1-14(27-15-5-3-2-4-6-15)19(24)22-9-11-23(12-10-22)28(25,26)16-7-8-17(20)18(21)13-16/h2-8,13-14H,9-12H2,1H3. The van der Waals surface area contributed by atoms with E-state index in [1.165, 1.54) is 16.1 Å². The van der Waals surface area contributed by atoms with E-state index < -0.39 is 21.7 Å². The zero-order valence-corrected chi connectivity index (χ0v) is 16.8. The second kappa shape index (κ2) is 8.59. The third kappa shape index (κ3) is 4.53. The maximum atomic E-state index is 13.4. The summed E-state index contributed by atoms with van der Waals surface area (Å²) in [6.07, 6.45) is 0. The maximum absolute atomic E-state index is 13.4. The SMILES string of the molecule is CC(Sc1ccccc1)C(=O)N1CCN(S(=O)(=O)c2ccc(F)c(F)c2)CC1. The van der Waals surface area contributed by atoms with Gasteiger partial charge in [0.15, 0.2) is 11.6 Å². The second-order valence-electron chi connectivity index (χ2n) is 6.38. The molecule has 0 radical (unpaired) electrons. The van der Waals surface area contributed by atoms with Gasteiger partial charge in [-0.1, -0.05) is 18.2 Å². The van der Waals surface area contributed by atoms with E-state index in [1.807, 2.05) is 37.3 Å². The van der Waals surface area contributed by atoms with Gasteiger partial charge >= 0.3 is 0 Å². The molecule has 28 heavy (non-hydrogen) atoms. The normalized spacial score (nSPS) is 16.8. The molecule has 0 bridgehead atoms. The first kappa shape index (κ1) is 20.8. The van der Waals surface area contributed by atoms with E-state index in [1.54, 1.807) is 4.90 Å². The van der Waals surface area contributed by atoms with Gasteiger partial charge in [-0.25, -0.2) is 17.2 Å². The van der Waals surface area contributed by atoms with Gasteiger partial charge in [-0.2, -0.15) is 4.31 Å². The van der Waals surface area contributed by atoms with Crippen LogP contribution in [0.1, 0.15) is 6.92 Å². The first-order valence-electron chi connectivity index (χ1n) is 8.75. The topological polar surface area (TPSA) is 57.7 Å². The van der Waals surface area contributed by atoms with Gasteiger partial charge < -0.3 is 4.90 Å². The Morgan fingerprint density at radius 2 is 1.64 bits per heavy atom. The Hall–Kier alpha value is -1.97. The molecule has 1 fully saturated rings. The molecule has 5 nitrogen and oxygen atoms in total. The van der Waals surface area contributed by atoms with Crippen molar-refractivity contribution in [2.24, 2.45) is 0 Å². The van der Waals surface area contributed by atoms with Crippen molar-refractivity contribution < 1.29 is 22.0 Å². The van der Waals surface area contributed by atoms with Crippen molar-refractivity contribution in [3.63, 3.8) is 0 Å². The van der Waals surface area contributed by atoms with Crippen LogP contribution >= 0.6 is 11.8 Å². The van der Waals surface area contributed by atoms with Gasteiger partial charge in [0, 0.05) is 31.1 Å². The van der Waals surface area contributed by atoms with Gasteiger partial charge in [0.2, 0.25) is 15.9 Å². The molecule has 0 saturated carbocycles. The highest BCUT2D eigenvalue weighted by Crippen LogP contribution is 2.25. The minimum atomic E-state index is -3.94. The fraction of sp³-hybridized carbons (Fsp3) is 0.316. The van der Waals surface area contributed by atoms with Gasteiger partial charge in [-0.15, -0.1) is 11.8 Å². The summed E-state index contributed by atoms with van der Waals surface area (Å²) in [6, 6.07) is 12.1. The fourth-order valence-electron chi connectivity index (χ4n) is 2.95. The molecular weight excluding hydrogens is 406 g/mol. The smallest absolute Gasteiger partial charge is 0.243 e. The van der Waals surface area contributed by atoms with Crippen LogP contribution in [0.3, 0.4) is 0 Å². The third-order valence-electron chi connectivity index (χ3n) is 4.48. The molecule has 3 rings (SSSR count). The van der Waals surface area contributed by atoms with Gasteiger partial charge in [0.1, 0.15) is 0 Å². The number of benzene rings is 2. The zero-order valence-electron chi connectivity index (χ0n) is 15.2. The largest absolute Gasteiger partial charge is 0.339 e. The summed E-state index contributed by atoms with van der Waals surface area (Å²) in [6.45, 7) is 2.54. The number of carbonyl (C=O) groups is 1. The van der Waals surface area contributed by atoms with E-state index >= 15 is 0 Å². The molecule has 0 N–H and O–H groups in total. The van der Waals surface area contributed by atoms with E-state index in [9.17, 15) is 22.0 Å². The molecule has 1 aliphatic heterocycles. The molecule has 150 valence electrons. The second-order valence-corrected chi connectivity index (χ2v) is 9.73. The summed E-state index contributed by atoms with van der Waals surface area (Å²) in [5.74, 6) is -2.36. The molecule has 0 spiro atoms. The van der Waals surface area contributed by atoms with Crippen LogP contribution in [0.4, 0.5) is 8.78 Å². The highest BCUT2D eigenvalue weighted by molar-refractivity contribution is 8.00. The van der Waals surface area contributed by atoms with Crippen molar-refractivity contribution in [2.45, 2.75) is 22.0 Å². The van der Waals surface area contributed by atoms with E-state index in [0.29, 0.717) is 6.07 Å². The molecule has 0 aliphatic carbocycles. The van der Waals surface area contributed by atoms with Crippen molar-refractivity contribution in [1.29, 1.82) is 0 Å². The van der Waals surface area contributed by atoms with E-state index in [-0.39, 0.29) is 42.2 Å². The number of thioether (sulfide) groups is 1. The fourth-order valence-corrected chi connectivity index (χ4v) is 5.35. The van der Waals surface area contributed by atoms with Gasteiger partial charge in [-0.3, -0.25) is 4.79 Å². The van der Waals surface area contributed by atoms with E-state index in [2.05, 4.69) is 0 Å². The summed E-state index contributed by atoms with van der Waals surface area (Å²) < 4.78 is 52.9. The van der Waals surface area contributed by atoms with Gasteiger partial charge in [0.05, 0.1) is 10.1 Å². The van der Waals surface area contributed by atoms with Gasteiger partial charge in [-0.05, 0) is 37.3 Å². The molecule has 0 aromatic heterocycles. The zero-order chi connectivity index (χ0) is 20.3. The first-order chi connectivity index (χ1) is 13.3. The number of carbonyl (C=O) groups excluding carboxylic acids is 1. The van der Waals surface area contributed by atoms with Crippen LogP contribution in [-0.2, 0) is 14.8 Å². The highest BCUT2D eigenvalue weighted by Gasteiger charge is 2.32. The Labute approximate surface area is 167 Å². The van der Waals surface area contributed by atoms with Crippen LogP contribution < -0.4 is 0 Å². The molecule has 1 saturated heterocycles. The lowest BCUT2D eigenvalue weighted by Gasteiger charge is -2.35. The monoisotopic (exact) mass is 426 g/mol. The van der Waals surface area contributed by atoms with Crippen LogP contribution in [0.25, 0.3) is 0 Å². The van der Waals surface area contributed by atoms with Crippen molar-refractivity contribution >= 4 is 27.7 Å². The summed E-state index contributed by atoms with van der Waals surface area (Å²) in [5.41, 5.74) is 0. The number of hydrogen-bond donors (Lipinski definition) is 0. The predicted molar refractivity (Wildman–Crippen MR) is 103 cm³/mol. The maximum Gasteiger partial charge on any atom is 0.243 e. The molecule has 1 aliphatic rings. The highest BCUT2D eigenvalue weighted by atomic mass is 32.2. The van der Waals surface area contributed by atoms with Crippen LogP contribution in [0, 0.1) is 11.6 Å². The molecule has 2 aromatic rings. The van der Waals surface area contributed by atoms with Crippen LogP contribution in [0.5, 0.6) is 0 Å². The minimum absolute atomic E-state index is 0.0567. The number of nitrogens with zero attached hydrogens (tertiary/aromatic N) is 2. The van der Waals surface area contributed by atoms with Gasteiger partial charge in [0.25, 0.3) is 0 Å². The lowest BCUT2D eigenvalue weighted by molar-refractivity contribution is -0.131. The number of halogens is 2. The Morgan fingerprint density at radius 3 is 2.25 bits per heavy atom. The number of hydrogen-bond acceptors (Lipinski definition) is 4. The van der Waals surface area contributed by atoms with Crippen molar-refractivity contribution in [3.8, 4) is 0 Å². The third-order valence-corrected chi connectivity index (χ3v) is 7.48. The van der Waals surface area contributed by atoms with Crippen molar-refractivity contribution in [1.82, 2.24) is 9.21 Å². The lowest BCUT2D eigenvalue weighted by atomic mass is 10.3. The average molecular weight is 427 g/mol. The van der Waals surface area contributed by atoms with Crippen molar-refractivity contribution in [3.05, 3.63) is 60.2 Å². The Kier molecular flexibility index (Phi) is 6.36. The average Bonchev–Trinajstić information content (AvgIpc) is 2.70. The van der Waals surface area contributed by atoms with Crippen LogP contribution in [0.2, 0.25) is 0 Å². The first-order valence-corrected chi connectivity index (χ1v) is 11.1. The number of amides is 1. The van der Waals surface area contributed by atoms with E-state index in [4.69, 9.17) is 0 Å². The van der Waals surface area contributed by atoms with Crippen LogP contribution in [-0.4, -0.2) is 55.0 Å².